The molecule has 3 aromatic rings. The van der Waals surface area contributed by atoms with Crippen molar-refractivity contribution in [2.75, 3.05) is 0 Å². The summed E-state index contributed by atoms with van der Waals surface area (Å²) >= 11 is 2.29. The summed E-state index contributed by atoms with van der Waals surface area (Å²) in [6.45, 7) is 13.7. The topological polar surface area (TPSA) is 0 Å². The predicted octanol–water partition coefficient (Wildman–Crippen LogP) is -0.865. The Balaban J connectivity index is 0.00000204. The third-order valence-electron chi connectivity index (χ3n) is 6.64. The van der Waals surface area contributed by atoms with Crippen LogP contribution in [-0.4, -0.2) is 0 Å². The van der Waals surface area contributed by atoms with Crippen molar-refractivity contribution in [1.82, 2.24) is 0 Å². The van der Waals surface area contributed by atoms with E-state index in [0.717, 1.165) is 6.42 Å². The van der Waals surface area contributed by atoms with Gasteiger partial charge in [0.05, 0.1) is 0 Å². The van der Waals surface area contributed by atoms with Gasteiger partial charge >= 0.3 is 207 Å². The Kier molecular flexibility index (Phi) is 11.2. The fraction of sp³-hybridized carbons (Fsp3) is 0.290. The largest absolute Gasteiger partial charge is 1.00 e. The molecular weight excluding hydrogens is 527 g/mol. The third-order valence-corrected chi connectivity index (χ3v) is 7.35. The Labute approximate surface area is 242 Å². The van der Waals surface area contributed by atoms with Gasteiger partial charge in [-0.2, -0.15) is 0 Å². The molecule has 0 saturated heterocycles. The monoisotopic (exact) mass is 558 g/mol. The van der Waals surface area contributed by atoms with Gasteiger partial charge in [0.25, 0.3) is 0 Å². The van der Waals surface area contributed by atoms with Crippen LogP contribution in [0.4, 0.5) is 0 Å². The third kappa shape index (κ3) is 6.00. The van der Waals surface area contributed by atoms with Crippen molar-refractivity contribution in [1.29, 1.82) is 0 Å². The van der Waals surface area contributed by atoms with Crippen LogP contribution in [0, 0.1) is 26.2 Å². The maximum absolute atomic E-state index is 2.44. The zero-order valence-corrected chi connectivity index (χ0v) is 25.2. The van der Waals surface area contributed by atoms with Crippen molar-refractivity contribution in [2.45, 2.75) is 53.4 Å². The summed E-state index contributed by atoms with van der Waals surface area (Å²) in [5, 5.41) is 0. The maximum atomic E-state index is 2.44. The number of aryl methyl sites for hydroxylation is 3. The molecule has 0 unspecified atom stereocenters. The van der Waals surface area contributed by atoms with Crippen molar-refractivity contribution in [3.63, 3.8) is 0 Å². The summed E-state index contributed by atoms with van der Waals surface area (Å²) in [6, 6.07) is 27.5. The van der Waals surface area contributed by atoms with Crippen LogP contribution in [0.15, 0.2) is 93.9 Å². The molecule has 4 rings (SSSR count). The molecule has 0 N–H and O–H groups in total. The molecular formula is C31H33Cl3Ti. The SMILES string of the molecule is Cc1cccc(C(C2=C(C(C)(C)C)[C]([Ti+3])=CC2)(c2cccc(C)c2)c2cccc(C)c2)c1.[Cl-].[Cl-].[Cl-]. The predicted molar refractivity (Wildman–Crippen MR) is 133 cm³/mol. The van der Waals surface area contributed by atoms with Gasteiger partial charge in [-0.25, -0.2) is 0 Å². The minimum atomic E-state index is -0.332. The summed E-state index contributed by atoms with van der Waals surface area (Å²) in [6.07, 6.45) is 3.42. The van der Waals surface area contributed by atoms with Crippen LogP contribution in [0.1, 0.15) is 60.6 Å². The second-order valence-corrected chi connectivity index (χ2v) is 11.1. The van der Waals surface area contributed by atoms with E-state index in [4.69, 9.17) is 0 Å². The van der Waals surface area contributed by atoms with E-state index < -0.39 is 0 Å². The molecule has 0 aliphatic heterocycles. The average molecular weight is 560 g/mol. The minimum Gasteiger partial charge on any atom is -1.00 e. The zero-order chi connectivity index (χ0) is 23.1. The van der Waals surface area contributed by atoms with Crippen molar-refractivity contribution in [3.8, 4) is 0 Å². The van der Waals surface area contributed by atoms with E-state index in [0.29, 0.717) is 0 Å². The van der Waals surface area contributed by atoms with Gasteiger partial charge in [0, 0.05) is 0 Å². The fourth-order valence-electron chi connectivity index (χ4n) is 5.43. The van der Waals surface area contributed by atoms with Gasteiger partial charge in [0.2, 0.25) is 0 Å². The summed E-state index contributed by atoms with van der Waals surface area (Å²) in [4.78, 5) is 0. The van der Waals surface area contributed by atoms with E-state index in [1.54, 1.807) is 0 Å². The molecule has 1 aliphatic carbocycles. The van der Waals surface area contributed by atoms with E-state index >= 15 is 0 Å². The number of allylic oxidation sites excluding steroid dienone is 4. The van der Waals surface area contributed by atoms with Crippen molar-refractivity contribution in [3.05, 3.63) is 127 Å². The molecule has 0 fully saturated rings. The first-order valence-electron chi connectivity index (χ1n) is 11.5. The molecule has 0 amide bonds. The van der Waals surface area contributed by atoms with E-state index in [1.165, 1.54) is 48.4 Å². The van der Waals surface area contributed by atoms with E-state index in [2.05, 4.69) is 141 Å². The summed E-state index contributed by atoms with van der Waals surface area (Å²) < 4.78 is 1.42. The smallest absolute Gasteiger partial charge is 1.00 e. The number of benzene rings is 3. The van der Waals surface area contributed by atoms with Crippen LogP contribution in [0.5, 0.6) is 0 Å². The number of rotatable bonds is 4. The minimum absolute atomic E-state index is 0. The Bertz CT molecular complexity index is 1120. The number of hydrogen-bond donors (Lipinski definition) is 0. The molecule has 0 nitrogen and oxygen atoms in total. The van der Waals surface area contributed by atoms with Gasteiger partial charge in [-0.05, 0) is 0 Å². The summed E-state index contributed by atoms with van der Waals surface area (Å²) in [5.74, 6) is 0. The molecule has 0 heterocycles. The Morgan fingerprint density at radius 1 is 0.629 bits per heavy atom. The van der Waals surface area contributed by atoms with Crippen LogP contribution < -0.4 is 37.2 Å². The molecule has 3 aromatic carbocycles. The number of halogens is 3. The van der Waals surface area contributed by atoms with Crippen LogP contribution >= 0.6 is 0 Å². The second-order valence-electron chi connectivity index (χ2n) is 10.3. The van der Waals surface area contributed by atoms with Crippen LogP contribution in [0.25, 0.3) is 0 Å². The molecule has 4 heteroatoms. The molecule has 0 aromatic heterocycles. The van der Waals surface area contributed by atoms with Gasteiger partial charge in [-0.3, -0.25) is 0 Å². The standard InChI is InChI=1S/C31H33.3ClH.Ti/c1-22-11-7-14-25(19-22)31(26-15-8-12-23(2)20-26,27-16-9-13-24(3)21-27)29-18-10-17-28(29)30(4,5)6;;;;/h7-16,19-21H,18H2,1-6H3;3*1H;/q;;;;+3/p-3. The Morgan fingerprint density at radius 2 is 1.00 bits per heavy atom. The first kappa shape index (κ1) is 31.8. The van der Waals surface area contributed by atoms with Crippen LogP contribution in [0.3, 0.4) is 0 Å². The molecule has 0 spiro atoms. The normalized spacial score (nSPS) is 13.4. The van der Waals surface area contributed by atoms with Gasteiger partial charge in [-0.15, -0.1) is 0 Å². The van der Waals surface area contributed by atoms with Crippen LogP contribution in [-0.2, 0) is 25.9 Å². The van der Waals surface area contributed by atoms with E-state index in [1.807, 2.05) is 0 Å². The molecule has 35 heavy (non-hydrogen) atoms. The number of hydrogen-bond acceptors (Lipinski definition) is 0. The van der Waals surface area contributed by atoms with Crippen molar-refractivity contribution < 1.29 is 57.7 Å². The molecule has 0 radical (unpaired) electrons. The molecule has 1 aliphatic rings. The van der Waals surface area contributed by atoms with Crippen molar-refractivity contribution in [2.24, 2.45) is 5.41 Å². The van der Waals surface area contributed by atoms with Gasteiger partial charge in [-0.1, -0.05) is 0 Å². The first-order valence-corrected chi connectivity index (χ1v) is 12.3. The van der Waals surface area contributed by atoms with Gasteiger partial charge in [0.15, 0.2) is 0 Å². The maximum Gasteiger partial charge on any atom is -1.00 e. The van der Waals surface area contributed by atoms with E-state index in [-0.39, 0.29) is 48.1 Å². The molecule has 0 saturated carbocycles. The second kappa shape index (κ2) is 12.3. The van der Waals surface area contributed by atoms with Gasteiger partial charge in [0.1, 0.15) is 0 Å². The Morgan fingerprint density at radius 3 is 1.31 bits per heavy atom. The quantitative estimate of drug-likeness (QED) is 0.288. The summed E-state index contributed by atoms with van der Waals surface area (Å²) in [7, 11) is 0. The molecule has 0 atom stereocenters. The molecule has 0 bridgehead atoms. The summed E-state index contributed by atoms with van der Waals surface area (Å²) in [5.41, 5.74) is 10.7. The fourth-order valence-corrected chi connectivity index (χ4v) is 6.41. The van der Waals surface area contributed by atoms with Gasteiger partial charge < -0.3 is 37.2 Å². The molecule has 182 valence electrons. The van der Waals surface area contributed by atoms with Crippen LogP contribution in [0.2, 0.25) is 0 Å². The Hall–Kier alpha value is -1.28. The first-order chi connectivity index (χ1) is 15.1. The van der Waals surface area contributed by atoms with Crippen molar-refractivity contribution >= 4 is 0 Å². The zero-order valence-electron chi connectivity index (χ0n) is 21.3. The van der Waals surface area contributed by atoms with E-state index in [9.17, 15) is 0 Å². The average Bonchev–Trinajstić information content (AvgIpc) is 3.11.